The molecule has 2 heterocycles. The molecular formula is C25H36N6O3. The number of aromatic amines is 1. The summed E-state index contributed by atoms with van der Waals surface area (Å²) < 4.78 is 12.8. The number of nitrogens with zero attached hydrogens (tertiary/aromatic N) is 5. The molecule has 1 aliphatic carbocycles. The molecule has 1 fully saturated rings. The Bertz CT molecular complexity index is 1200. The Balaban J connectivity index is 1.91. The SMILES string of the molecule is CCC(C)(C)n1nnnc1[C@@H](c1cc2cc(OC)c(OC)cc2[nH]c1=O)N(C)C1CCCCC1. The van der Waals surface area contributed by atoms with Crippen LogP contribution >= 0.6 is 0 Å². The molecule has 0 bridgehead atoms. The fraction of sp³-hybridized carbons (Fsp3) is 0.600. The summed E-state index contributed by atoms with van der Waals surface area (Å²) >= 11 is 0. The third-order valence-corrected chi connectivity index (χ3v) is 7.41. The molecule has 0 spiro atoms. The van der Waals surface area contributed by atoms with Crippen LogP contribution in [-0.4, -0.2) is 57.4 Å². The Morgan fingerprint density at radius 1 is 1.15 bits per heavy atom. The van der Waals surface area contributed by atoms with E-state index in [0.717, 1.165) is 24.6 Å². The van der Waals surface area contributed by atoms with E-state index in [1.165, 1.54) is 19.3 Å². The van der Waals surface area contributed by atoms with E-state index in [1.807, 2.05) is 16.8 Å². The molecule has 0 radical (unpaired) electrons. The van der Waals surface area contributed by atoms with Crippen LogP contribution in [-0.2, 0) is 5.54 Å². The molecule has 4 rings (SSSR count). The van der Waals surface area contributed by atoms with Gasteiger partial charge in [0.05, 0.1) is 25.3 Å². The van der Waals surface area contributed by atoms with Gasteiger partial charge in [-0.05, 0) is 62.7 Å². The number of nitrogens with one attached hydrogen (secondary N) is 1. The van der Waals surface area contributed by atoms with Gasteiger partial charge in [-0.25, -0.2) is 4.68 Å². The summed E-state index contributed by atoms with van der Waals surface area (Å²) in [6, 6.07) is 5.60. The first kappa shape index (κ1) is 24.2. The maximum absolute atomic E-state index is 13.5. The van der Waals surface area contributed by atoms with Crippen molar-refractivity contribution in [1.82, 2.24) is 30.1 Å². The molecule has 0 unspecified atom stereocenters. The van der Waals surface area contributed by atoms with Gasteiger partial charge in [0.15, 0.2) is 17.3 Å². The summed E-state index contributed by atoms with van der Waals surface area (Å²) in [6.45, 7) is 6.35. The Morgan fingerprint density at radius 2 is 1.82 bits per heavy atom. The first-order valence-corrected chi connectivity index (χ1v) is 12.1. The van der Waals surface area contributed by atoms with Crippen LogP contribution in [0.4, 0.5) is 0 Å². The van der Waals surface area contributed by atoms with Crippen molar-refractivity contribution in [3.8, 4) is 11.5 Å². The maximum atomic E-state index is 13.5. The van der Waals surface area contributed by atoms with Crippen LogP contribution in [0.15, 0.2) is 23.0 Å². The molecule has 9 nitrogen and oxygen atoms in total. The molecule has 1 aliphatic rings. The predicted molar refractivity (Wildman–Crippen MR) is 132 cm³/mol. The highest BCUT2D eigenvalue weighted by Gasteiger charge is 2.35. The maximum Gasteiger partial charge on any atom is 0.253 e. The number of hydrogen-bond donors (Lipinski definition) is 1. The standard InChI is InChI=1S/C25H36N6O3/c1-7-25(2,3)31-23(27-28-29-31)22(30(4)17-11-9-8-10-12-17)18-13-16-14-20(33-5)21(34-6)15-19(16)26-24(18)32/h13-15,17,22H,7-12H2,1-6H3,(H,26,32)/t22-/m1/s1. The van der Waals surface area contributed by atoms with Crippen molar-refractivity contribution in [2.75, 3.05) is 21.3 Å². The van der Waals surface area contributed by atoms with Crippen LogP contribution in [0.25, 0.3) is 10.9 Å². The Morgan fingerprint density at radius 3 is 2.47 bits per heavy atom. The summed E-state index contributed by atoms with van der Waals surface area (Å²) in [5.74, 6) is 1.87. The largest absolute Gasteiger partial charge is 0.493 e. The third kappa shape index (κ3) is 4.41. The first-order valence-electron chi connectivity index (χ1n) is 12.1. The summed E-state index contributed by atoms with van der Waals surface area (Å²) in [6.07, 6.45) is 6.70. The van der Waals surface area contributed by atoms with Crippen molar-refractivity contribution in [2.24, 2.45) is 0 Å². The van der Waals surface area contributed by atoms with Gasteiger partial charge in [0, 0.05) is 23.1 Å². The van der Waals surface area contributed by atoms with Gasteiger partial charge in [0.25, 0.3) is 5.56 Å². The van der Waals surface area contributed by atoms with Gasteiger partial charge in [-0.3, -0.25) is 9.69 Å². The van der Waals surface area contributed by atoms with Crippen LogP contribution in [0.1, 0.15) is 76.7 Å². The lowest BCUT2D eigenvalue weighted by Crippen LogP contribution is -2.42. The van der Waals surface area contributed by atoms with Gasteiger partial charge in [-0.2, -0.15) is 0 Å². The van der Waals surface area contributed by atoms with Gasteiger partial charge in [0.2, 0.25) is 0 Å². The van der Waals surface area contributed by atoms with Gasteiger partial charge in [-0.1, -0.05) is 26.2 Å². The second kappa shape index (κ2) is 9.74. The second-order valence-corrected chi connectivity index (χ2v) is 9.82. The molecule has 0 saturated heterocycles. The molecule has 3 aromatic rings. The van der Waals surface area contributed by atoms with Gasteiger partial charge in [0.1, 0.15) is 6.04 Å². The number of fused-ring (bicyclic) bond motifs is 1. The highest BCUT2D eigenvalue weighted by Crippen LogP contribution is 2.36. The first-order chi connectivity index (χ1) is 16.3. The van der Waals surface area contributed by atoms with E-state index in [2.05, 4.69) is 53.2 Å². The Labute approximate surface area is 200 Å². The predicted octanol–water partition coefficient (Wildman–Crippen LogP) is 4.03. The van der Waals surface area contributed by atoms with E-state index >= 15 is 0 Å². The quantitative estimate of drug-likeness (QED) is 0.533. The van der Waals surface area contributed by atoms with E-state index < -0.39 is 0 Å². The van der Waals surface area contributed by atoms with Gasteiger partial charge < -0.3 is 14.5 Å². The van der Waals surface area contributed by atoms with Crippen molar-refractivity contribution in [2.45, 2.75) is 76.9 Å². The highest BCUT2D eigenvalue weighted by molar-refractivity contribution is 5.83. The summed E-state index contributed by atoms with van der Waals surface area (Å²) in [7, 11) is 5.29. The molecule has 2 aromatic heterocycles. The lowest BCUT2D eigenvalue weighted by atomic mass is 9.91. The second-order valence-electron chi connectivity index (χ2n) is 9.82. The van der Waals surface area contributed by atoms with Crippen LogP contribution < -0.4 is 15.0 Å². The van der Waals surface area contributed by atoms with E-state index in [9.17, 15) is 4.79 Å². The number of H-pyrrole nitrogens is 1. The van der Waals surface area contributed by atoms with Crippen molar-refractivity contribution in [3.63, 3.8) is 0 Å². The number of aromatic nitrogens is 5. The van der Waals surface area contributed by atoms with Crippen LogP contribution in [0, 0.1) is 0 Å². The van der Waals surface area contributed by atoms with Crippen molar-refractivity contribution >= 4 is 10.9 Å². The smallest absolute Gasteiger partial charge is 0.253 e. The molecule has 1 N–H and O–H groups in total. The minimum absolute atomic E-state index is 0.156. The number of hydrogen-bond acceptors (Lipinski definition) is 7. The van der Waals surface area contributed by atoms with Crippen molar-refractivity contribution < 1.29 is 9.47 Å². The number of benzene rings is 1. The van der Waals surface area contributed by atoms with Crippen LogP contribution in [0.5, 0.6) is 11.5 Å². The fourth-order valence-electron chi connectivity index (χ4n) is 4.94. The lowest BCUT2D eigenvalue weighted by Gasteiger charge is -2.37. The molecule has 1 aromatic carbocycles. The number of methoxy groups -OCH3 is 2. The van der Waals surface area contributed by atoms with E-state index in [4.69, 9.17) is 9.47 Å². The Hall–Kier alpha value is -2.94. The number of tetrazole rings is 1. The molecule has 1 saturated carbocycles. The van der Waals surface area contributed by atoms with Gasteiger partial charge in [-0.15, -0.1) is 5.10 Å². The fourth-order valence-corrected chi connectivity index (χ4v) is 4.94. The zero-order valence-electron chi connectivity index (χ0n) is 21.1. The summed E-state index contributed by atoms with van der Waals surface area (Å²) in [4.78, 5) is 18.9. The zero-order valence-corrected chi connectivity index (χ0v) is 21.1. The van der Waals surface area contributed by atoms with Crippen molar-refractivity contribution in [3.05, 3.63) is 39.9 Å². The van der Waals surface area contributed by atoms with E-state index in [0.29, 0.717) is 34.4 Å². The van der Waals surface area contributed by atoms with Crippen molar-refractivity contribution in [1.29, 1.82) is 0 Å². The minimum atomic E-state index is -0.384. The molecule has 0 amide bonds. The molecule has 184 valence electrons. The van der Waals surface area contributed by atoms with Crippen LogP contribution in [0.2, 0.25) is 0 Å². The number of ether oxygens (including phenoxy) is 2. The zero-order chi connectivity index (χ0) is 24.5. The average molecular weight is 469 g/mol. The summed E-state index contributed by atoms with van der Waals surface area (Å²) in [5.41, 5.74) is 0.871. The highest BCUT2D eigenvalue weighted by atomic mass is 16.5. The number of rotatable bonds is 8. The molecule has 34 heavy (non-hydrogen) atoms. The van der Waals surface area contributed by atoms with E-state index in [1.54, 1.807) is 20.3 Å². The van der Waals surface area contributed by atoms with E-state index in [-0.39, 0.29) is 17.1 Å². The topological polar surface area (TPSA) is 98.2 Å². The molecule has 0 aliphatic heterocycles. The minimum Gasteiger partial charge on any atom is -0.493 e. The molecular weight excluding hydrogens is 432 g/mol. The average Bonchev–Trinajstić information content (AvgIpc) is 3.34. The third-order valence-electron chi connectivity index (χ3n) is 7.41. The number of pyridine rings is 1. The lowest BCUT2D eigenvalue weighted by molar-refractivity contribution is 0.142. The van der Waals surface area contributed by atoms with Crippen LogP contribution in [0.3, 0.4) is 0 Å². The molecule has 9 heteroatoms. The monoisotopic (exact) mass is 468 g/mol. The normalized spacial score (nSPS) is 16.2. The summed E-state index contributed by atoms with van der Waals surface area (Å²) in [5, 5.41) is 13.7. The molecule has 1 atom stereocenters. The Kier molecular flexibility index (Phi) is 6.93. The van der Waals surface area contributed by atoms with Gasteiger partial charge >= 0.3 is 0 Å².